The minimum Gasteiger partial charge on any atom is -0.374 e. The number of amides is 2. The lowest BCUT2D eigenvalue weighted by atomic mass is 9.94. The Bertz CT molecular complexity index is 957. The second kappa shape index (κ2) is 16.3. The summed E-state index contributed by atoms with van der Waals surface area (Å²) >= 11 is 0. The molecule has 2 unspecified atom stereocenters. The smallest absolute Gasteiger partial charge is 0.222 e. The van der Waals surface area contributed by atoms with Crippen LogP contribution in [-0.2, 0) is 14.4 Å². The molecule has 2 amide bonds. The first-order valence-electron chi connectivity index (χ1n) is 13.1. The molecule has 0 saturated heterocycles. The minimum absolute atomic E-state index is 0.000224. The van der Waals surface area contributed by atoms with Crippen LogP contribution in [0.4, 0.5) is 11.4 Å². The van der Waals surface area contributed by atoms with Crippen LogP contribution in [0, 0.1) is 5.92 Å². The number of nitrogens with one attached hydrogen (secondary N) is 2. The number of carbonyl (C=O) groups is 3. The summed E-state index contributed by atoms with van der Waals surface area (Å²) in [6.07, 6.45) is 10.4. The maximum Gasteiger partial charge on any atom is 0.222 e. The van der Waals surface area contributed by atoms with Crippen LogP contribution in [0.1, 0.15) is 52.4 Å². The first-order chi connectivity index (χ1) is 17.8. The normalized spacial score (nSPS) is 12.3. The van der Waals surface area contributed by atoms with Gasteiger partial charge in [0.1, 0.15) is 0 Å². The van der Waals surface area contributed by atoms with Gasteiger partial charge in [-0.3, -0.25) is 24.4 Å². The Balaban J connectivity index is 1.72. The van der Waals surface area contributed by atoms with Crippen molar-refractivity contribution in [3.05, 3.63) is 49.1 Å². The van der Waals surface area contributed by atoms with Gasteiger partial charge < -0.3 is 20.4 Å². The average Bonchev–Trinajstić information content (AvgIpc) is 2.93. The van der Waals surface area contributed by atoms with Crippen molar-refractivity contribution in [1.82, 2.24) is 20.6 Å². The molecule has 0 bridgehead atoms. The molecule has 2 N–H and O–H groups in total. The van der Waals surface area contributed by atoms with Crippen LogP contribution >= 0.6 is 0 Å². The summed E-state index contributed by atoms with van der Waals surface area (Å²) in [5.41, 5.74) is 2.01. The number of ketones is 1. The highest BCUT2D eigenvalue weighted by Gasteiger charge is 2.24. The van der Waals surface area contributed by atoms with E-state index in [4.69, 9.17) is 0 Å². The van der Waals surface area contributed by atoms with Gasteiger partial charge in [0.15, 0.2) is 5.78 Å². The first-order valence-corrected chi connectivity index (χ1v) is 13.1. The van der Waals surface area contributed by atoms with Gasteiger partial charge in [-0.1, -0.05) is 13.8 Å². The summed E-state index contributed by atoms with van der Waals surface area (Å²) in [7, 11) is 3.87. The van der Waals surface area contributed by atoms with Crippen molar-refractivity contribution in [2.24, 2.45) is 5.92 Å². The van der Waals surface area contributed by atoms with E-state index in [2.05, 4.69) is 20.6 Å². The van der Waals surface area contributed by atoms with Crippen molar-refractivity contribution in [3.8, 4) is 0 Å². The fraction of sp³-hybridized carbons (Fsp3) is 0.536. The maximum atomic E-state index is 12.9. The molecule has 2 atom stereocenters. The largest absolute Gasteiger partial charge is 0.374 e. The number of rotatable bonds is 17. The van der Waals surface area contributed by atoms with Gasteiger partial charge >= 0.3 is 0 Å². The van der Waals surface area contributed by atoms with Crippen LogP contribution in [0.5, 0.6) is 0 Å². The highest BCUT2D eigenvalue weighted by molar-refractivity contribution is 5.90. The second-order valence-electron chi connectivity index (χ2n) is 9.43. The maximum absolute atomic E-state index is 12.9. The highest BCUT2D eigenvalue weighted by Crippen LogP contribution is 2.13. The molecular formula is C28H42N6O3. The summed E-state index contributed by atoms with van der Waals surface area (Å²) in [6.45, 7) is 5.59. The van der Waals surface area contributed by atoms with Crippen LogP contribution in [0.15, 0.2) is 49.1 Å². The van der Waals surface area contributed by atoms with Gasteiger partial charge in [-0.05, 0) is 49.9 Å². The highest BCUT2D eigenvalue weighted by atomic mass is 16.2. The van der Waals surface area contributed by atoms with Crippen molar-refractivity contribution in [1.29, 1.82) is 0 Å². The number of Topliss-reactive ketones (excluding diaryl/α,β-unsaturated/α-hetero) is 1. The third kappa shape index (κ3) is 11.0. The summed E-state index contributed by atoms with van der Waals surface area (Å²) in [6, 6.07) is 7.11. The van der Waals surface area contributed by atoms with E-state index in [9.17, 15) is 14.4 Å². The van der Waals surface area contributed by atoms with Gasteiger partial charge in [0.25, 0.3) is 0 Å². The number of pyridine rings is 2. The standard InChI is InChI=1S/C28H42N6O3/c1-5-22(2)28(37)25(32-27(36)14-21-34(4)24-11-18-30-19-12-24)8-6-7-15-31-26(35)13-20-33(3)23-9-16-29-17-10-23/h9-12,16-19,22,25H,5-8,13-15,20-21H2,1-4H3,(H,31,35)(H,32,36). The Morgan fingerprint density at radius 1 is 0.838 bits per heavy atom. The topological polar surface area (TPSA) is 108 Å². The zero-order valence-electron chi connectivity index (χ0n) is 22.7. The summed E-state index contributed by atoms with van der Waals surface area (Å²) in [4.78, 5) is 49.8. The second-order valence-corrected chi connectivity index (χ2v) is 9.43. The third-order valence-electron chi connectivity index (χ3n) is 6.57. The van der Waals surface area contributed by atoms with Crippen LogP contribution < -0.4 is 20.4 Å². The summed E-state index contributed by atoms with van der Waals surface area (Å²) in [5, 5.41) is 5.92. The fourth-order valence-electron chi connectivity index (χ4n) is 3.88. The lowest BCUT2D eigenvalue weighted by Gasteiger charge is -2.22. The summed E-state index contributed by atoms with van der Waals surface area (Å²) in [5.74, 6) is -0.169. The number of aromatic nitrogens is 2. The number of hydrogen-bond acceptors (Lipinski definition) is 7. The molecule has 2 aromatic rings. The van der Waals surface area contributed by atoms with E-state index in [1.807, 2.05) is 62.0 Å². The minimum atomic E-state index is -0.501. The molecule has 2 heterocycles. The number of hydrogen-bond donors (Lipinski definition) is 2. The molecule has 2 rings (SSSR count). The predicted octanol–water partition coefficient (Wildman–Crippen LogP) is 3.22. The predicted molar refractivity (Wildman–Crippen MR) is 148 cm³/mol. The Morgan fingerprint density at radius 3 is 1.86 bits per heavy atom. The molecule has 0 fully saturated rings. The van der Waals surface area contributed by atoms with E-state index in [0.717, 1.165) is 30.6 Å². The van der Waals surface area contributed by atoms with E-state index in [1.165, 1.54) is 0 Å². The van der Waals surface area contributed by atoms with E-state index in [-0.39, 0.29) is 23.5 Å². The van der Waals surface area contributed by atoms with Crippen molar-refractivity contribution in [2.45, 2.75) is 58.4 Å². The molecule has 0 spiro atoms. The van der Waals surface area contributed by atoms with Gasteiger partial charge in [-0.25, -0.2) is 0 Å². The Kier molecular flexibility index (Phi) is 13.1. The SMILES string of the molecule is CCC(C)C(=O)C(CCCCNC(=O)CCN(C)c1ccncc1)NC(=O)CCN(C)c1ccncc1. The van der Waals surface area contributed by atoms with Crippen LogP contribution in [0.25, 0.3) is 0 Å². The van der Waals surface area contributed by atoms with E-state index < -0.39 is 6.04 Å². The zero-order valence-corrected chi connectivity index (χ0v) is 22.7. The lowest BCUT2D eigenvalue weighted by molar-refractivity contribution is -0.130. The van der Waals surface area contributed by atoms with Gasteiger partial charge in [0.2, 0.25) is 11.8 Å². The van der Waals surface area contributed by atoms with Crippen molar-refractivity contribution in [3.63, 3.8) is 0 Å². The molecule has 0 aliphatic heterocycles. The van der Waals surface area contributed by atoms with E-state index in [0.29, 0.717) is 38.9 Å². The Morgan fingerprint density at radius 2 is 1.35 bits per heavy atom. The first kappa shape index (κ1) is 29.7. The quantitative estimate of drug-likeness (QED) is 0.315. The molecular weight excluding hydrogens is 468 g/mol. The lowest BCUT2D eigenvalue weighted by Crippen LogP contribution is -2.44. The Hall–Kier alpha value is -3.49. The van der Waals surface area contributed by atoms with Crippen LogP contribution in [-0.4, -0.2) is 67.3 Å². The third-order valence-corrected chi connectivity index (χ3v) is 6.57. The van der Waals surface area contributed by atoms with Gasteiger partial charge in [0.05, 0.1) is 6.04 Å². The number of carbonyl (C=O) groups excluding carboxylic acids is 3. The molecule has 2 aromatic heterocycles. The number of anilines is 2. The van der Waals surface area contributed by atoms with Crippen molar-refractivity contribution >= 4 is 29.0 Å². The van der Waals surface area contributed by atoms with Gasteiger partial charge in [-0.15, -0.1) is 0 Å². The summed E-state index contributed by atoms with van der Waals surface area (Å²) < 4.78 is 0. The molecule has 0 aromatic carbocycles. The molecule has 0 aliphatic carbocycles. The molecule has 9 heteroatoms. The molecule has 0 radical (unpaired) electrons. The van der Waals surface area contributed by atoms with Gasteiger partial charge in [0, 0.05) is 88.7 Å². The van der Waals surface area contributed by atoms with Crippen molar-refractivity contribution in [2.75, 3.05) is 43.5 Å². The molecule has 0 aliphatic rings. The zero-order chi connectivity index (χ0) is 27.0. The van der Waals surface area contributed by atoms with Crippen LogP contribution in [0.2, 0.25) is 0 Å². The number of nitrogens with zero attached hydrogens (tertiary/aromatic N) is 4. The molecule has 37 heavy (non-hydrogen) atoms. The molecule has 9 nitrogen and oxygen atoms in total. The van der Waals surface area contributed by atoms with Gasteiger partial charge in [-0.2, -0.15) is 0 Å². The van der Waals surface area contributed by atoms with E-state index in [1.54, 1.807) is 24.8 Å². The monoisotopic (exact) mass is 510 g/mol. The van der Waals surface area contributed by atoms with Crippen molar-refractivity contribution < 1.29 is 14.4 Å². The Labute approximate surface area is 221 Å². The fourth-order valence-corrected chi connectivity index (χ4v) is 3.88. The molecule has 202 valence electrons. The van der Waals surface area contributed by atoms with E-state index >= 15 is 0 Å². The molecule has 0 saturated carbocycles. The van der Waals surface area contributed by atoms with Crippen LogP contribution in [0.3, 0.4) is 0 Å². The number of unbranched alkanes of at least 4 members (excludes halogenated alkanes) is 1. The average molecular weight is 511 g/mol.